The molecule has 162 valence electrons. The lowest BCUT2D eigenvalue weighted by molar-refractivity contribution is -0.144. The van der Waals surface area contributed by atoms with E-state index in [1.165, 1.54) is 4.90 Å². The Balaban J connectivity index is 1.67. The molecule has 0 aromatic heterocycles. The predicted octanol–water partition coefficient (Wildman–Crippen LogP) is 2.95. The Hall–Kier alpha value is -3.41. The van der Waals surface area contributed by atoms with E-state index in [9.17, 15) is 14.4 Å². The fraction of sp³-hybridized carbons (Fsp3) is 0.320. The van der Waals surface area contributed by atoms with Crippen molar-refractivity contribution in [3.63, 3.8) is 0 Å². The Morgan fingerprint density at radius 1 is 0.839 bits per heavy atom. The number of benzene rings is 2. The Bertz CT molecular complexity index is 835. The molecule has 3 amide bonds. The van der Waals surface area contributed by atoms with Crippen LogP contribution in [0.5, 0.6) is 0 Å². The van der Waals surface area contributed by atoms with Crippen molar-refractivity contribution >= 4 is 17.7 Å². The minimum atomic E-state index is -0.645. The van der Waals surface area contributed by atoms with E-state index in [0.29, 0.717) is 32.4 Å². The summed E-state index contributed by atoms with van der Waals surface area (Å²) in [7, 11) is 0. The van der Waals surface area contributed by atoms with Crippen LogP contribution in [0.1, 0.15) is 36.8 Å². The second-order valence-electron chi connectivity index (χ2n) is 7.64. The van der Waals surface area contributed by atoms with Gasteiger partial charge in [-0.05, 0) is 30.4 Å². The number of hydrogen-bond donors (Lipinski definition) is 2. The van der Waals surface area contributed by atoms with Crippen LogP contribution in [0.2, 0.25) is 0 Å². The standard InChI is InChI=1S/C25H29N3O3/c1-2-3-14-23(29)28-21(24(30)26-17-19-10-6-4-7-11-19)15-16-22(28)25(31)27-18-20-12-8-5-9-13-20/h2,4-13,21-22H,1,3,14-18H2,(H,26,30)(H,27,31)/t21-,22-/m1/s1. The normalized spacial score (nSPS) is 17.7. The average Bonchev–Trinajstić information content (AvgIpc) is 3.26. The third kappa shape index (κ3) is 6.04. The monoisotopic (exact) mass is 419 g/mol. The zero-order chi connectivity index (χ0) is 22.1. The highest BCUT2D eigenvalue weighted by Crippen LogP contribution is 2.26. The minimum absolute atomic E-state index is 0.197. The second kappa shape index (κ2) is 11.1. The summed E-state index contributed by atoms with van der Waals surface area (Å²) in [5.41, 5.74) is 1.96. The zero-order valence-corrected chi connectivity index (χ0v) is 17.6. The van der Waals surface area contributed by atoms with Gasteiger partial charge in [0.25, 0.3) is 0 Å². The van der Waals surface area contributed by atoms with Gasteiger partial charge >= 0.3 is 0 Å². The van der Waals surface area contributed by atoms with Crippen molar-refractivity contribution in [3.8, 4) is 0 Å². The summed E-state index contributed by atoms with van der Waals surface area (Å²) in [5.74, 6) is -0.652. The molecular formula is C25H29N3O3. The molecule has 2 N–H and O–H groups in total. The maximum Gasteiger partial charge on any atom is 0.243 e. The van der Waals surface area contributed by atoms with Gasteiger partial charge in [0.2, 0.25) is 17.7 Å². The summed E-state index contributed by atoms with van der Waals surface area (Å²) in [6, 6.07) is 17.9. The fourth-order valence-corrected chi connectivity index (χ4v) is 3.83. The molecule has 31 heavy (non-hydrogen) atoms. The van der Waals surface area contributed by atoms with E-state index in [4.69, 9.17) is 0 Å². The number of nitrogens with one attached hydrogen (secondary N) is 2. The van der Waals surface area contributed by atoms with Crippen molar-refractivity contribution in [1.29, 1.82) is 0 Å². The van der Waals surface area contributed by atoms with Crippen LogP contribution in [0.15, 0.2) is 73.3 Å². The van der Waals surface area contributed by atoms with Crippen molar-refractivity contribution in [2.75, 3.05) is 0 Å². The lowest BCUT2D eigenvalue weighted by Crippen LogP contribution is -2.53. The topological polar surface area (TPSA) is 78.5 Å². The molecule has 0 radical (unpaired) electrons. The molecule has 2 aromatic carbocycles. The lowest BCUT2D eigenvalue weighted by atomic mass is 10.1. The molecule has 0 aliphatic carbocycles. The molecule has 6 heteroatoms. The van der Waals surface area contributed by atoms with Crippen LogP contribution in [-0.4, -0.2) is 34.7 Å². The van der Waals surface area contributed by atoms with Gasteiger partial charge in [-0.2, -0.15) is 0 Å². The Labute approximate surface area is 183 Å². The number of rotatable bonds is 9. The largest absolute Gasteiger partial charge is 0.350 e. The van der Waals surface area contributed by atoms with Crippen LogP contribution in [0, 0.1) is 0 Å². The van der Waals surface area contributed by atoms with Crippen LogP contribution in [-0.2, 0) is 27.5 Å². The summed E-state index contributed by atoms with van der Waals surface area (Å²) >= 11 is 0. The van der Waals surface area contributed by atoms with Crippen LogP contribution in [0.25, 0.3) is 0 Å². The van der Waals surface area contributed by atoms with E-state index < -0.39 is 12.1 Å². The van der Waals surface area contributed by atoms with Gasteiger partial charge in [0.1, 0.15) is 12.1 Å². The molecule has 0 saturated carbocycles. The van der Waals surface area contributed by atoms with Crippen LogP contribution < -0.4 is 10.6 Å². The molecule has 0 spiro atoms. The molecule has 0 bridgehead atoms. The summed E-state index contributed by atoms with van der Waals surface area (Å²) in [6.45, 7) is 4.43. The number of nitrogens with zero attached hydrogens (tertiary/aromatic N) is 1. The van der Waals surface area contributed by atoms with Crippen molar-refractivity contribution in [3.05, 3.63) is 84.4 Å². The minimum Gasteiger partial charge on any atom is -0.350 e. The Kier molecular flexibility index (Phi) is 7.98. The van der Waals surface area contributed by atoms with Crippen molar-refractivity contribution in [2.45, 2.75) is 50.9 Å². The first-order chi connectivity index (χ1) is 15.1. The summed E-state index contributed by atoms with van der Waals surface area (Å²) in [5, 5.41) is 5.83. The molecule has 1 heterocycles. The number of amides is 3. The van der Waals surface area contributed by atoms with E-state index in [1.807, 2.05) is 60.7 Å². The molecule has 6 nitrogen and oxygen atoms in total. The van der Waals surface area contributed by atoms with Crippen LogP contribution >= 0.6 is 0 Å². The van der Waals surface area contributed by atoms with E-state index in [1.54, 1.807) is 6.08 Å². The molecule has 1 saturated heterocycles. The molecule has 2 atom stereocenters. The van der Waals surface area contributed by atoms with Crippen molar-refractivity contribution in [2.24, 2.45) is 0 Å². The van der Waals surface area contributed by atoms with E-state index in [2.05, 4.69) is 17.2 Å². The van der Waals surface area contributed by atoms with Gasteiger partial charge in [-0.25, -0.2) is 0 Å². The summed E-state index contributed by atoms with van der Waals surface area (Å²) < 4.78 is 0. The average molecular weight is 420 g/mol. The molecule has 3 rings (SSSR count). The number of carbonyl (C=O) groups is 3. The quantitative estimate of drug-likeness (QED) is 0.614. The maximum atomic E-state index is 12.9. The van der Waals surface area contributed by atoms with Gasteiger partial charge in [-0.15, -0.1) is 6.58 Å². The van der Waals surface area contributed by atoms with Gasteiger partial charge in [0.05, 0.1) is 0 Å². The van der Waals surface area contributed by atoms with Gasteiger partial charge in [-0.1, -0.05) is 66.7 Å². The Morgan fingerprint density at radius 2 is 1.29 bits per heavy atom. The molecule has 1 aliphatic rings. The van der Waals surface area contributed by atoms with Crippen LogP contribution in [0.3, 0.4) is 0 Å². The Morgan fingerprint density at radius 3 is 1.71 bits per heavy atom. The molecule has 0 unspecified atom stereocenters. The van der Waals surface area contributed by atoms with Crippen molar-refractivity contribution < 1.29 is 14.4 Å². The van der Waals surface area contributed by atoms with Crippen LogP contribution in [0.4, 0.5) is 0 Å². The highest BCUT2D eigenvalue weighted by Gasteiger charge is 2.43. The highest BCUT2D eigenvalue weighted by molar-refractivity contribution is 5.94. The van der Waals surface area contributed by atoms with Crippen molar-refractivity contribution in [1.82, 2.24) is 15.5 Å². The third-order valence-corrected chi connectivity index (χ3v) is 5.46. The smallest absolute Gasteiger partial charge is 0.243 e. The number of allylic oxidation sites excluding steroid dienone is 1. The second-order valence-corrected chi connectivity index (χ2v) is 7.64. The SMILES string of the molecule is C=CCCC(=O)N1[C@@H](C(=O)NCc2ccccc2)CC[C@@H]1C(=O)NCc1ccccc1. The number of likely N-dealkylation sites (tertiary alicyclic amines) is 1. The first-order valence-corrected chi connectivity index (χ1v) is 10.7. The first-order valence-electron chi connectivity index (χ1n) is 10.7. The molecule has 1 fully saturated rings. The van der Waals surface area contributed by atoms with Gasteiger partial charge in [0, 0.05) is 19.5 Å². The number of hydrogen-bond acceptors (Lipinski definition) is 3. The van der Waals surface area contributed by atoms with E-state index >= 15 is 0 Å². The maximum absolute atomic E-state index is 12.9. The van der Waals surface area contributed by atoms with E-state index in [0.717, 1.165) is 11.1 Å². The summed E-state index contributed by atoms with van der Waals surface area (Å²) in [6.07, 6.45) is 3.33. The highest BCUT2D eigenvalue weighted by atomic mass is 16.2. The van der Waals surface area contributed by atoms with Gasteiger partial charge in [0.15, 0.2) is 0 Å². The number of carbonyl (C=O) groups excluding carboxylic acids is 3. The summed E-state index contributed by atoms with van der Waals surface area (Å²) in [4.78, 5) is 40.2. The molecule has 1 aliphatic heterocycles. The van der Waals surface area contributed by atoms with Gasteiger partial charge in [-0.3, -0.25) is 14.4 Å². The molecule has 2 aromatic rings. The van der Waals surface area contributed by atoms with Gasteiger partial charge < -0.3 is 15.5 Å². The van der Waals surface area contributed by atoms with E-state index in [-0.39, 0.29) is 24.1 Å². The predicted molar refractivity (Wildman–Crippen MR) is 120 cm³/mol. The lowest BCUT2D eigenvalue weighted by Gasteiger charge is -2.29. The first kappa shape index (κ1) is 22.3. The molecular weight excluding hydrogens is 390 g/mol. The zero-order valence-electron chi connectivity index (χ0n) is 17.6. The third-order valence-electron chi connectivity index (χ3n) is 5.46. The fourth-order valence-electron chi connectivity index (χ4n) is 3.83.